The van der Waals surface area contributed by atoms with Gasteiger partial charge in [-0.3, -0.25) is 0 Å². The Hall–Kier alpha value is 3.50. The molecule has 5 radical (unpaired) electrons. The molecule has 0 saturated heterocycles. The van der Waals surface area contributed by atoms with Crippen LogP contribution in [0.4, 0.5) is 0 Å². The molecule has 0 aliphatic heterocycles. The summed E-state index contributed by atoms with van der Waals surface area (Å²) in [6.07, 6.45) is 0. The molecule has 0 nitrogen and oxygen atoms in total. The second-order valence-electron chi connectivity index (χ2n) is 0. The van der Waals surface area contributed by atoms with Gasteiger partial charge >= 0.3 is 88.9 Å². The first-order chi connectivity index (χ1) is 0. The molecule has 0 bridgehead atoms. The monoisotopic (exact) mass is 437 g/mol. The van der Waals surface area contributed by atoms with Crippen molar-refractivity contribution in [1.29, 1.82) is 0 Å². The first kappa shape index (κ1) is 25.9. The molecule has 0 atom stereocenters. The first-order valence-corrected chi connectivity index (χ1v) is 0. The Balaban J connectivity index is 0. The van der Waals surface area contributed by atoms with Gasteiger partial charge in [0.05, 0.1) is 0 Å². The summed E-state index contributed by atoms with van der Waals surface area (Å²) in [5.74, 6) is 0. The summed E-state index contributed by atoms with van der Waals surface area (Å²) < 4.78 is 0. The Morgan fingerprint density at radius 3 is 1.00 bits per heavy atom. The summed E-state index contributed by atoms with van der Waals surface area (Å²) in [5, 5.41) is 0. The van der Waals surface area contributed by atoms with Gasteiger partial charge in [0.2, 0.25) is 0 Å². The summed E-state index contributed by atoms with van der Waals surface area (Å²) in [4.78, 5) is 0. The molecule has 0 amide bonds. The van der Waals surface area contributed by atoms with Gasteiger partial charge in [-0.1, -0.05) is 0 Å². The standard InChI is InChI=1S/Ca.Cu.Pb.Sn.6H. The zero-order valence-electron chi connectivity index (χ0n) is 1.72. The average Bonchev–Trinajstić information content (AvgIpc) is 0. The Bertz CT molecular complexity index is 8.00. The third-order valence-corrected chi connectivity index (χ3v) is 0. The topological polar surface area (TPSA) is 0 Å². The van der Waals surface area contributed by atoms with Gasteiger partial charge < -0.3 is 0 Å². The molecule has 0 fully saturated rings. The molecule has 27 valence electrons. The molecule has 0 aliphatic carbocycles. The fourth-order valence-electron chi connectivity index (χ4n) is 0. The number of hydrogen-bond acceptors (Lipinski definition) is 0. The van der Waals surface area contributed by atoms with E-state index in [0.29, 0.717) is 0 Å². The van der Waals surface area contributed by atoms with E-state index in [-0.39, 0.29) is 106 Å². The fourth-order valence-corrected chi connectivity index (χ4v) is 0. The fraction of sp³-hybridized carbons (Fsp3) is 0. The van der Waals surface area contributed by atoms with E-state index in [1.807, 2.05) is 0 Å². The van der Waals surface area contributed by atoms with Crippen LogP contribution in [0.5, 0.6) is 0 Å². The summed E-state index contributed by atoms with van der Waals surface area (Å²) in [5.41, 5.74) is 0. The SMILES string of the molecule is [CaH2].[Cu].[PbH2].[SnH2]. The van der Waals surface area contributed by atoms with E-state index in [0.717, 1.165) is 0 Å². The second-order valence-corrected chi connectivity index (χ2v) is 0. The molecule has 0 saturated carbocycles. The first-order valence-electron chi connectivity index (χ1n) is 0. The van der Waals surface area contributed by atoms with Gasteiger partial charge in [0.25, 0.3) is 0 Å². The van der Waals surface area contributed by atoms with Gasteiger partial charge in [0.15, 0.2) is 0 Å². The van der Waals surface area contributed by atoms with Crippen LogP contribution >= 0.6 is 0 Å². The molecule has 0 spiro atoms. The Morgan fingerprint density at radius 1 is 1.00 bits per heavy atom. The zero-order valence-corrected chi connectivity index (χ0v) is 12.2. The average molecular weight is 436 g/mol. The van der Waals surface area contributed by atoms with Crippen molar-refractivity contribution in [3.8, 4) is 0 Å². The van der Waals surface area contributed by atoms with Crippen molar-refractivity contribution < 1.29 is 17.1 Å². The van der Waals surface area contributed by atoms with Crippen LogP contribution in [0.1, 0.15) is 0 Å². The van der Waals surface area contributed by atoms with Crippen LogP contribution in [-0.2, 0) is 17.1 Å². The third kappa shape index (κ3) is 9.09. The minimum atomic E-state index is 0. The van der Waals surface area contributed by atoms with E-state index in [1.54, 1.807) is 0 Å². The van der Waals surface area contributed by atoms with Gasteiger partial charge in [0, 0.05) is 17.1 Å². The molecular weight excluding hydrogens is 430 g/mol. The van der Waals surface area contributed by atoms with Crippen LogP contribution in [0.3, 0.4) is 0 Å². The number of hydrogen-bond donors (Lipinski definition) is 0. The van der Waals surface area contributed by atoms with E-state index in [2.05, 4.69) is 0 Å². The number of rotatable bonds is 0. The van der Waals surface area contributed by atoms with E-state index in [1.165, 1.54) is 0 Å². The molecule has 0 aliphatic rings. The van der Waals surface area contributed by atoms with Crippen molar-refractivity contribution >= 4 is 88.9 Å². The van der Waals surface area contributed by atoms with Crippen molar-refractivity contribution in [1.82, 2.24) is 0 Å². The van der Waals surface area contributed by atoms with Crippen LogP contribution in [-0.4, -0.2) is 88.9 Å². The summed E-state index contributed by atoms with van der Waals surface area (Å²) >= 11 is 0. The van der Waals surface area contributed by atoms with Crippen LogP contribution < -0.4 is 0 Å². The molecular formula is H6CaCuPbSn. The van der Waals surface area contributed by atoms with Gasteiger partial charge in [0.1, 0.15) is 0 Å². The van der Waals surface area contributed by atoms with Crippen molar-refractivity contribution in [2.75, 3.05) is 0 Å². The minimum absolute atomic E-state index is 0. The van der Waals surface area contributed by atoms with E-state index in [4.69, 9.17) is 0 Å². The van der Waals surface area contributed by atoms with Crippen molar-refractivity contribution in [2.24, 2.45) is 0 Å². The van der Waals surface area contributed by atoms with E-state index in [9.17, 15) is 0 Å². The summed E-state index contributed by atoms with van der Waals surface area (Å²) in [6.45, 7) is 0. The molecule has 4 heteroatoms. The molecule has 0 N–H and O–H groups in total. The maximum atomic E-state index is 0. The zero-order chi connectivity index (χ0) is 0. The van der Waals surface area contributed by atoms with Crippen LogP contribution in [0, 0.1) is 0 Å². The van der Waals surface area contributed by atoms with E-state index >= 15 is 0 Å². The van der Waals surface area contributed by atoms with Gasteiger partial charge in [-0.2, -0.15) is 0 Å². The van der Waals surface area contributed by atoms with Crippen LogP contribution in [0.15, 0.2) is 0 Å². The molecule has 0 heterocycles. The molecule has 0 aromatic heterocycles. The molecule has 0 aromatic carbocycles. The predicted octanol–water partition coefficient (Wildman–Crippen LogP) is -2.75. The quantitative estimate of drug-likeness (QED) is 0.362. The molecule has 0 rings (SSSR count). The second kappa shape index (κ2) is 16.1. The normalized spacial score (nSPS) is 0. The summed E-state index contributed by atoms with van der Waals surface area (Å²) in [7, 11) is 0. The predicted molar refractivity (Wildman–Crippen MR) is 25.6 cm³/mol. The Kier molecular flexibility index (Phi) is 104. The molecule has 4 heavy (non-hydrogen) atoms. The summed E-state index contributed by atoms with van der Waals surface area (Å²) in [6, 6.07) is 0. The van der Waals surface area contributed by atoms with Crippen molar-refractivity contribution in [3.63, 3.8) is 0 Å². The van der Waals surface area contributed by atoms with Crippen LogP contribution in [0.25, 0.3) is 0 Å². The van der Waals surface area contributed by atoms with Crippen molar-refractivity contribution in [2.45, 2.75) is 0 Å². The Morgan fingerprint density at radius 2 is 1.00 bits per heavy atom. The van der Waals surface area contributed by atoms with Gasteiger partial charge in [-0.15, -0.1) is 0 Å². The maximum absolute atomic E-state index is 0. The Labute approximate surface area is 103 Å². The molecule has 0 unspecified atom stereocenters. The van der Waals surface area contributed by atoms with E-state index < -0.39 is 0 Å². The molecule has 0 aromatic rings. The van der Waals surface area contributed by atoms with Gasteiger partial charge in [-0.25, -0.2) is 0 Å². The third-order valence-electron chi connectivity index (χ3n) is 0. The van der Waals surface area contributed by atoms with Gasteiger partial charge in [-0.05, 0) is 0 Å². The van der Waals surface area contributed by atoms with Crippen molar-refractivity contribution in [3.05, 3.63) is 0 Å². The van der Waals surface area contributed by atoms with Crippen LogP contribution in [0.2, 0.25) is 0 Å².